The van der Waals surface area contributed by atoms with Crippen molar-refractivity contribution in [1.82, 2.24) is 10.2 Å². The Labute approximate surface area is 167 Å². The van der Waals surface area contributed by atoms with E-state index in [9.17, 15) is 19.5 Å². The van der Waals surface area contributed by atoms with Crippen molar-refractivity contribution in [1.29, 1.82) is 0 Å². The molecule has 0 aromatic heterocycles. The van der Waals surface area contributed by atoms with Crippen LogP contribution in [0.3, 0.4) is 0 Å². The number of thiol groups is 1. The number of hydrogen-bond donors (Lipinski definition) is 3. The molecule has 0 aromatic carbocycles. The number of fused-ring (bicyclic) bond motifs is 1. The highest BCUT2D eigenvalue weighted by Crippen LogP contribution is 2.40. The molecule has 2 aliphatic rings. The van der Waals surface area contributed by atoms with Gasteiger partial charge in [0.2, 0.25) is 11.8 Å². The molecule has 0 bridgehead atoms. The van der Waals surface area contributed by atoms with E-state index in [-0.39, 0.29) is 35.6 Å². The number of carbonyl (C=O) groups excluding carboxylic acids is 2. The van der Waals surface area contributed by atoms with Crippen molar-refractivity contribution >= 4 is 30.4 Å². The fourth-order valence-electron chi connectivity index (χ4n) is 4.38. The summed E-state index contributed by atoms with van der Waals surface area (Å²) in [7, 11) is 0. The molecule has 7 heteroatoms. The Hall–Kier alpha value is -1.24. The molecular formula is C20H34N2O4S. The van der Waals surface area contributed by atoms with Gasteiger partial charge in [-0.1, -0.05) is 47.0 Å². The third-order valence-electron chi connectivity index (χ3n) is 6.30. The van der Waals surface area contributed by atoms with E-state index in [0.717, 1.165) is 32.1 Å². The first-order valence-corrected chi connectivity index (χ1v) is 10.7. The van der Waals surface area contributed by atoms with Crippen LogP contribution in [-0.4, -0.2) is 51.2 Å². The van der Waals surface area contributed by atoms with Crippen LogP contribution in [0.15, 0.2) is 0 Å². The average Bonchev–Trinajstić information content (AvgIpc) is 3.03. The second kappa shape index (κ2) is 9.30. The molecule has 1 saturated carbocycles. The Kier molecular flexibility index (Phi) is 7.60. The minimum absolute atomic E-state index is 0.0206. The molecule has 6 nitrogen and oxygen atoms in total. The molecule has 154 valence electrons. The molecule has 0 aromatic rings. The second-order valence-electron chi connectivity index (χ2n) is 8.51. The lowest BCUT2D eigenvalue weighted by Gasteiger charge is -2.37. The van der Waals surface area contributed by atoms with Gasteiger partial charge in [0.15, 0.2) is 0 Å². The maximum Gasteiger partial charge on any atom is 0.326 e. The Morgan fingerprint density at radius 3 is 2.37 bits per heavy atom. The quantitative estimate of drug-likeness (QED) is 0.576. The number of nitrogens with one attached hydrogen (secondary N) is 1. The number of rotatable bonds is 7. The van der Waals surface area contributed by atoms with Crippen molar-refractivity contribution in [3.05, 3.63) is 0 Å². The summed E-state index contributed by atoms with van der Waals surface area (Å²) in [5.74, 6) is -1.23. The zero-order valence-electron chi connectivity index (χ0n) is 16.9. The normalized spacial score (nSPS) is 28.4. The van der Waals surface area contributed by atoms with Gasteiger partial charge in [0.25, 0.3) is 0 Å². The molecule has 2 N–H and O–H groups in total. The molecule has 0 radical (unpaired) electrons. The van der Waals surface area contributed by atoms with Gasteiger partial charge in [-0.3, -0.25) is 9.59 Å². The third-order valence-corrected chi connectivity index (χ3v) is 7.14. The molecule has 6 atom stereocenters. The maximum atomic E-state index is 13.5. The van der Waals surface area contributed by atoms with Gasteiger partial charge in [0.1, 0.15) is 12.1 Å². The van der Waals surface area contributed by atoms with Crippen molar-refractivity contribution in [2.45, 2.75) is 89.6 Å². The van der Waals surface area contributed by atoms with Crippen LogP contribution in [0.4, 0.5) is 0 Å². The first-order chi connectivity index (χ1) is 12.7. The Morgan fingerprint density at radius 2 is 1.81 bits per heavy atom. The summed E-state index contributed by atoms with van der Waals surface area (Å²) >= 11 is 4.36. The summed E-state index contributed by atoms with van der Waals surface area (Å²) in [5.41, 5.74) is 0. The Balaban J connectivity index is 2.26. The highest BCUT2D eigenvalue weighted by molar-refractivity contribution is 7.81. The summed E-state index contributed by atoms with van der Waals surface area (Å²) in [6.07, 6.45) is 5.18. The van der Waals surface area contributed by atoms with Gasteiger partial charge in [-0.15, -0.1) is 0 Å². The SMILES string of the molecule is CC[C@H](C)[C@H](NC(=O)[C@@H](S)C(C)C)C(=O)N1C2CCCCC2C[C@H]1C(=O)O. The van der Waals surface area contributed by atoms with Gasteiger partial charge in [-0.05, 0) is 37.0 Å². The standard InChI is InChI=1S/C20H34N2O4S/c1-5-12(4)16(21-18(23)17(27)11(2)3)19(24)22-14-9-7-6-8-13(14)10-15(22)20(25)26/h11-17,27H,5-10H2,1-4H3,(H,21,23)(H,25,26)/t12-,13?,14?,15-,16-,17-/m0/s1. The van der Waals surface area contributed by atoms with E-state index in [2.05, 4.69) is 17.9 Å². The van der Waals surface area contributed by atoms with Crippen molar-refractivity contribution in [3.8, 4) is 0 Å². The summed E-state index contributed by atoms with van der Waals surface area (Å²) in [5, 5.41) is 12.1. The highest BCUT2D eigenvalue weighted by atomic mass is 32.1. The van der Waals surface area contributed by atoms with E-state index < -0.39 is 23.3 Å². The Morgan fingerprint density at radius 1 is 1.19 bits per heavy atom. The molecule has 1 aliphatic heterocycles. The van der Waals surface area contributed by atoms with Crippen LogP contribution in [-0.2, 0) is 14.4 Å². The monoisotopic (exact) mass is 398 g/mol. The predicted octanol–water partition coefficient (Wildman–Crippen LogP) is 2.72. The fourth-order valence-corrected chi connectivity index (χ4v) is 4.46. The van der Waals surface area contributed by atoms with Gasteiger partial charge in [-0.25, -0.2) is 4.79 Å². The number of carboxylic acids is 1. The van der Waals surface area contributed by atoms with Crippen LogP contribution in [0, 0.1) is 17.8 Å². The van der Waals surface area contributed by atoms with E-state index in [1.165, 1.54) is 0 Å². The van der Waals surface area contributed by atoms with Crippen molar-refractivity contribution in [2.24, 2.45) is 17.8 Å². The summed E-state index contributed by atoms with van der Waals surface area (Å²) in [6.45, 7) is 7.71. The van der Waals surface area contributed by atoms with E-state index in [4.69, 9.17) is 0 Å². The number of carboxylic acid groups (broad SMARTS) is 1. The van der Waals surface area contributed by atoms with E-state index >= 15 is 0 Å². The molecule has 2 amide bonds. The molecule has 2 rings (SSSR count). The number of aliphatic carboxylic acids is 1. The van der Waals surface area contributed by atoms with E-state index in [0.29, 0.717) is 6.42 Å². The van der Waals surface area contributed by atoms with Gasteiger partial charge >= 0.3 is 5.97 Å². The zero-order chi connectivity index (χ0) is 20.3. The predicted molar refractivity (Wildman–Crippen MR) is 108 cm³/mol. The van der Waals surface area contributed by atoms with Crippen LogP contribution in [0.2, 0.25) is 0 Å². The summed E-state index contributed by atoms with van der Waals surface area (Å²) in [4.78, 5) is 39.5. The fraction of sp³-hybridized carbons (Fsp3) is 0.850. The molecule has 2 unspecified atom stereocenters. The lowest BCUT2D eigenvalue weighted by atomic mass is 9.84. The molecule has 2 fully saturated rings. The summed E-state index contributed by atoms with van der Waals surface area (Å²) in [6, 6.07) is -1.52. The van der Waals surface area contributed by atoms with Gasteiger partial charge in [0.05, 0.1) is 5.25 Å². The maximum absolute atomic E-state index is 13.5. The lowest BCUT2D eigenvalue weighted by molar-refractivity contribution is -0.152. The third kappa shape index (κ3) is 4.79. The largest absolute Gasteiger partial charge is 0.480 e. The van der Waals surface area contributed by atoms with Crippen LogP contribution in [0.25, 0.3) is 0 Å². The van der Waals surface area contributed by atoms with E-state index in [1.54, 1.807) is 4.90 Å². The molecule has 1 aliphatic carbocycles. The lowest BCUT2D eigenvalue weighted by Crippen LogP contribution is -2.57. The van der Waals surface area contributed by atoms with Crippen LogP contribution < -0.4 is 5.32 Å². The van der Waals surface area contributed by atoms with Gasteiger partial charge in [0, 0.05) is 6.04 Å². The van der Waals surface area contributed by atoms with Gasteiger partial charge < -0.3 is 15.3 Å². The molecular weight excluding hydrogens is 364 g/mol. The van der Waals surface area contributed by atoms with Crippen LogP contribution in [0.5, 0.6) is 0 Å². The molecule has 1 saturated heterocycles. The number of amides is 2. The summed E-state index contributed by atoms with van der Waals surface area (Å²) < 4.78 is 0. The number of carbonyl (C=O) groups is 3. The van der Waals surface area contributed by atoms with Crippen molar-refractivity contribution in [3.63, 3.8) is 0 Å². The van der Waals surface area contributed by atoms with Crippen molar-refractivity contribution < 1.29 is 19.5 Å². The molecule has 0 spiro atoms. The number of likely N-dealkylation sites (tertiary alicyclic amines) is 1. The van der Waals surface area contributed by atoms with Crippen LogP contribution >= 0.6 is 12.6 Å². The smallest absolute Gasteiger partial charge is 0.326 e. The zero-order valence-corrected chi connectivity index (χ0v) is 17.7. The van der Waals surface area contributed by atoms with Crippen molar-refractivity contribution in [2.75, 3.05) is 0 Å². The minimum atomic E-state index is -0.943. The first-order valence-electron chi connectivity index (χ1n) is 10.2. The van der Waals surface area contributed by atoms with Crippen LogP contribution in [0.1, 0.15) is 66.2 Å². The Bertz CT molecular complexity index is 568. The van der Waals surface area contributed by atoms with E-state index in [1.807, 2.05) is 27.7 Å². The van der Waals surface area contributed by atoms with Gasteiger partial charge in [-0.2, -0.15) is 12.6 Å². The number of hydrogen-bond acceptors (Lipinski definition) is 4. The second-order valence-corrected chi connectivity index (χ2v) is 9.06. The molecule has 27 heavy (non-hydrogen) atoms. The highest BCUT2D eigenvalue weighted by Gasteiger charge is 2.49. The number of nitrogens with zero attached hydrogens (tertiary/aromatic N) is 1. The molecule has 1 heterocycles. The average molecular weight is 399 g/mol. The first kappa shape index (κ1) is 22.1. The topological polar surface area (TPSA) is 86.7 Å². The minimum Gasteiger partial charge on any atom is -0.480 e.